The summed E-state index contributed by atoms with van der Waals surface area (Å²) in [6, 6.07) is 9.28. The number of Topliss-reactive ketones (excluding diaryl/α,β-unsaturated/α-hetero) is 1. The molecule has 3 saturated carbocycles. The summed E-state index contributed by atoms with van der Waals surface area (Å²) in [5.41, 5.74) is -6.39. The van der Waals surface area contributed by atoms with Gasteiger partial charge < -0.3 is 135 Å². The molecule has 7 aliphatic heterocycles. The number of esters is 1. The van der Waals surface area contributed by atoms with Gasteiger partial charge in [0.15, 0.2) is 49.8 Å². The van der Waals surface area contributed by atoms with E-state index < -0.39 is 236 Å². The molecular weight excluding hydrogens is 1420 g/mol. The van der Waals surface area contributed by atoms with Gasteiger partial charge in [0.1, 0.15) is 83.9 Å². The normalized spacial score (nSPS) is 49.3. The van der Waals surface area contributed by atoms with E-state index in [9.17, 15) is 45.3 Å². The summed E-state index contributed by atoms with van der Waals surface area (Å²) < 4.78 is 134. The van der Waals surface area contributed by atoms with Crippen LogP contribution in [0.25, 0.3) is 6.08 Å². The predicted octanol–water partition coefficient (Wildman–Crippen LogP) is 4.13. The molecule has 0 spiro atoms. The molecule has 7 heterocycles. The van der Waals surface area contributed by atoms with E-state index in [4.69, 9.17) is 99.5 Å². The van der Waals surface area contributed by atoms with Crippen LogP contribution in [-0.2, 0) is 109 Å². The Balaban J connectivity index is 0.599. The molecule has 11 aliphatic rings. The van der Waals surface area contributed by atoms with Crippen molar-refractivity contribution in [3.05, 3.63) is 53.6 Å². The lowest BCUT2D eigenvalue weighted by Crippen LogP contribution is -2.78. The second kappa shape index (κ2) is 34.7. The Morgan fingerprint density at radius 2 is 0.907 bits per heavy atom. The Morgan fingerprint density at radius 1 is 0.509 bits per heavy atom. The van der Waals surface area contributed by atoms with Crippen molar-refractivity contribution in [3.8, 4) is 0 Å². The maximum Gasteiger partial charge on any atom is 0.331 e. The highest BCUT2D eigenvalue weighted by Gasteiger charge is 2.81. The fourth-order valence-electron chi connectivity index (χ4n) is 19.9. The van der Waals surface area contributed by atoms with Crippen molar-refractivity contribution in [1.29, 1.82) is 0 Å². The molecule has 108 heavy (non-hydrogen) atoms. The Morgan fingerprint density at radius 3 is 1.30 bits per heavy atom. The van der Waals surface area contributed by atoms with Crippen LogP contribution >= 0.6 is 0 Å². The van der Waals surface area contributed by atoms with E-state index in [1.165, 1.54) is 20.1 Å². The van der Waals surface area contributed by atoms with Crippen molar-refractivity contribution in [2.24, 2.45) is 16.7 Å². The summed E-state index contributed by atoms with van der Waals surface area (Å²) in [5.74, 6) is -1.85. The van der Waals surface area contributed by atoms with E-state index in [1.807, 2.05) is 71.0 Å². The zero-order valence-corrected chi connectivity index (χ0v) is 65.0. The lowest BCUT2D eigenvalue weighted by atomic mass is 9.42. The fraction of sp³-hybridized carbons (Fsp3) is 0.846. The molecule has 30 nitrogen and oxygen atoms in total. The van der Waals surface area contributed by atoms with Crippen molar-refractivity contribution in [2.45, 2.75) is 353 Å². The van der Waals surface area contributed by atoms with Crippen molar-refractivity contribution in [3.63, 3.8) is 0 Å². The largest absolute Gasteiger partial charge is 0.458 e. The van der Waals surface area contributed by atoms with Gasteiger partial charge in [-0.1, -0.05) is 48.9 Å². The zero-order chi connectivity index (χ0) is 77.7. The maximum atomic E-state index is 13.7. The van der Waals surface area contributed by atoms with Gasteiger partial charge in [-0.25, -0.2) is 4.79 Å². The molecule has 0 unspecified atom stereocenters. The molecule has 12 rings (SSSR count). The predicted molar refractivity (Wildman–Crippen MR) is 377 cm³/mol. The molecule has 30 heteroatoms. The Bertz CT molecular complexity index is 3190. The Labute approximate surface area is 633 Å². The number of aliphatic hydroxyl groups excluding tert-OH is 4. The molecule has 7 N–H and O–H groups in total. The summed E-state index contributed by atoms with van der Waals surface area (Å²) in [5, 5.41) is 79.4. The average Bonchev–Trinajstić information content (AvgIpc) is 1.42. The van der Waals surface area contributed by atoms with Crippen LogP contribution in [0.3, 0.4) is 0 Å². The van der Waals surface area contributed by atoms with Gasteiger partial charge in [-0.2, -0.15) is 0 Å². The standard InChI is InChI=1S/C78H120O30/c1-38-67(48(88-10)30-58(94-38)100-47-24-25-74(8)46(29-47)23-26-77(86)55(74)36-56(102-57(81)22-21-45-19-17-16-18-20-45)75(9)76(85,44(7)80)27-28-78(75,77)87)103-59-31-49(89-11)68(39(2)95-59)104-60-32-50(90-12)69(40(3)96-60)105-61-33-51(91-13)70(41(4)97-61)106-62-34-52(92-14)71(42(5)98-62)107-63-35-53(93-15)72(43(6)99-63)108-73-66(84)65(83)64(82)54(37-79)101-73/h16-23,38-43,47-56,58-73,79,82-87H,24-37H2,1-15H3/b22-21+/t38-,39+,40-,41+,42-,43+,47+,48+,49+,50+,51-,52+,53-,54-,55-,56-,58+,59+,60+,61+,62+,63+,64-,65+,66-,67-,68-,69-,70+,71-,72+,73+,74+,75-,76-,77+,78-/m1/s1. The van der Waals surface area contributed by atoms with Crippen LogP contribution in [0.5, 0.6) is 0 Å². The maximum absolute atomic E-state index is 13.7. The molecule has 0 bridgehead atoms. The minimum absolute atomic E-state index is 0.0647. The lowest BCUT2D eigenvalue weighted by molar-refractivity contribution is -0.360. The van der Waals surface area contributed by atoms with Crippen LogP contribution in [0, 0.1) is 16.7 Å². The number of methoxy groups -OCH3 is 6. The first-order valence-electron chi connectivity index (χ1n) is 38.7. The Kier molecular flexibility index (Phi) is 27.0. The molecule has 0 amide bonds. The minimum Gasteiger partial charge on any atom is -0.458 e. The quantitative estimate of drug-likeness (QED) is 0.0411. The molecule has 0 radical (unpaired) electrons. The SMILES string of the molecule is CO[C@H]1C[C@H](O[C@H]2[C@@H](OC)C[C@H](O[C@H]3CC[C@@]4(C)C(=CC[C@]5(O)[C@@H]4C[C@@H](OC(=O)/C=C/c4ccccc4)[C@@]4(C)[C@]5(O)CC[C@@]4(O)C(C)=O)C3)O[C@@H]2C)O[C@@H](C)[C@H]1O[C@H]1C[C@H](OC)[C@H](O[C@H]2C[C@@H](OC)[C@@H](O[C@H]3C[C@H](OC)[C@H](O[C@H]4C[C@@H](OC)[C@@H](O[C@@H]5O[C@H](CO)[C@@H](O)[C@H](O)[C@H]5O)[C@H](C)O4)[C@@H](C)O3)[C@H](C)O2)[C@@H](C)O1. The topological polar surface area (TPSA) is 370 Å². The first-order valence-corrected chi connectivity index (χ1v) is 38.7. The highest BCUT2D eigenvalue weighted by Crippen LogP contribution is 2.71. The molecule has 7 saturated heterocycles. The molecule has 612 valence electrons. The van der Waals surface area contributed by atoms with Crippen molar-refractivity contribution in [1.82, 2.24) is 0 Å². The van der Waals surface area contributed by atoms with Crippen LogP contribution in [-0.4, -0.2) is 304 Å². The number of ketones is 1. The number of aliphatic hydroxyl groups is 7. The van der Waals surface area contributed by atoms with Gasteiger partial charge in [-0.3, -0.25) is 4.79 Å². The zero-order valence-electron chi connectivity index (χ0n) is 65.0. The van der Waals surface area contributed by atoms with Crippen LogP contribution in [0.1, 0.15) is 151 Å². The minimum atomic E-state index is -2.07. The monoisotopic (exact) mass is 1540 g/mol. The summed E-state index contributed by atoms with van der Waals surface area (Å²) in [6.07, 6.45) is -14.4. The Hall–Kier alpha value is -3.24. The van der Waals surface area contributed by atoms with E-state index in [-0.39, 0.29) is 38.2 Å². The molecule has 37 atom stereocenters. The van der Waals surface area contributed by atoms with Crippen molar-refractivity contribution in [2.75, 3.05) is 49.3 Å². The highest BCUT2D eigenvalue weighted by atomic mass is 16.8. The van der Waals surface area contributed by atoms with Crippen molar-refractivity contribution >= 4 is 17.8 Å². The van der Waals surface area contributed by atoms with Gasteiger partial charge >= 0.3 is 5.97 Å². The lowest BCUT2D eigenvalue weighted by Gasteiger charge is -2.67. The fourth-order valence-corrected chi connectivity index (χ4v) is 19.9. The number of carbonyl (C=O) groups excluding carboxylic acids is 2. The first-order chi connectivity index (χ1) is 51.4. The first kappa shape index (κ1) is 84.2. The molecular formula is C78H120O30. The van der Waals surface area contributed by atoms with E-state index in [2.05, 4.69) is 6.92 Å². The van der Waals surface area contributed by atoms with E-state index in [1.54, 1.807) is 55.5 Å². The van der Waals surface area contributed by atoms with Gasteiger partial charge in [0.05, 0.1) is 91.4 Å². The molecule has 1 aromatic carbocycles. The summed E-state index contributed by atoms with van der Waals surface area (Å²) >= 11 is 0. The van der Waals surface area contributed by atoms with E-state index >= 15 is 0 Å². The van der Waals surface area contributed by atoms with Gasteiger partial charge in [-0.05, 0) is 117 Å². The van der Waals surface area contributed by atoms with Crippen molar-refractivity contribution < 1.29 is 145 Å². The second-order valence-electron chi connectivity index (χ2n) is 32.2. The van der Waals surface area contributed by atoms with Crippen LogP contribution < -0.4 is 0 Å². The number of ether oxygens (including phenoxy) is 21. The number of carbonyl (C=O) groups is 2. The number of hydrogen-bond acceptors (Lipinski definition) is 30. The molecule has 10 fully saturated rings. The molecule has 0 aromatic heterocycles. The molecule has 4 aliphatic carbocycles. The number of rotatable bonds is 25. The van der Waals surface area contributed by atoms with Gasteiger partial charge in [-0.15, -0.1) is 0 Å². The third kappa shape index (κ3) is 16.3. The van der Waals surface area contributed by atoms with Crippen LogP contribution in [0.2, 0.25) is 0 Å². The third-order valence-corrected chi connectivity index (χ3v) is 26.2. The summed E-state index contributed by atoms with van der Waals surface area (Å²) in [4.78, 5) is 27.2. The molecule has 1 aromatic rings. The average molecular weight is 1540 g/mol. The van der Waals surface area contributed by atoms with Gasteiger partial charge in [0.2, 0.25) is 0 Å². The van der Waals surface area contributed by atoms with Gasteiger partial charge in [0, 0.05) is 93.2 Å². The smallest absolute Gasteiger partial charge is 0.331 e. The summed E-state index contributed by atoms with van der Waals surface area (Å²) in [7, 11) is 9.61. The van der Waals surface area contributed by atoms with E-state index in [0.717, 1.165) is 11.1 Å². The van der Waals surface area contributed by atoms with Gasteiger partial charge in [0.25, 0.3) is 0 Å². The number of fused-ring (bicyclic) bond motifs is 5. The highest BCUT2D eigenvalue weighted by molar-refractivity contribution is 5.89. The second-order valence-corrected chi connectivity index (χ2v) is 32.2. The third-order valence-electron chi connectivity index (χ3n) is 26.2. The van der Waals surface area contributed by atoms with Crippen LogP contribution in [0.4, 0.5) is 0 Å². The van der Waals surface area contributed by atoms with Crippen LogP contribution in [0.15, 0.2) is 48.1 Å². The van der Waals surface area contributed by atoms with E-state index in [0.29, 0.717) is 51.4 Å². The number of benzene rings is 1. The summed E-state index contributed by atoms with van der Waals surface area (Å²) in [6.45, 7) is 15.6. The number of hydrogen-bond donors (Lipinski definition) is 7.